The van der Waals surface area contributed by atoms with Crippen LogP contribution in [0.1, 0.15) is 5.56 Å². The van der Waals surface area contributed by atoms with Crippen LogP contribution in [0.25, 0.3) is 6.08 Å². The number of rotatable bonds is 2. The van der Waals surface area contributed by atoms with E-state index in [-0.39, 0.29) is 5.03 Å². The Balaban J connectivity index is 2.92. The van der Waals surface area contributed by atoms with Crippen LogP contribution < -0.4 is 0 Å². The summed E-state index contributed by atoms with van der Waals surface area (Å²) in [5, 5.41) is 8.85. The maximum Gasteiger partial charge on any atom is 0.347 e. The first kappa shape index (κ1) is 10.1. The smallest absolute Gasteiger partial charge is 0.347 e. The fourth-order valence-electron chi connectivity index (χ4n) is 0.767. The third-order valence-electron chi connectivity index (χ3n) is 1.37. The Kier molecular flexibility index (Phi) is 3.34. The summed E-state index contributed by atoms with van der Waals surface area (Å²) in [4.78, 5) is 10.3. The second kappa shape index (κ2) is 4.30. The molecule has 1 rings (SSSR count). The van der Waals surface area contributed by atoms with Gasteiger partial charge < -0.3 is 5.11 Å². The fraction of sp³-hybridized carbons (Fsp3) is 0. The van der Waals surface area contributed by atoms with Gasteiger partial charge in [0.25, 0.3) is 0 Å². The van der Waals surface area contributed by atoms with Gasteiger partial charge in [0.15, 0.2) is 0 Å². The topological polar surface area (TPSA) is 37.3 Å². The lowest BCUT2D eigenvalue weighted by molar-refractivity contribution is -0.131. The van der Waals surface area contributed by atoms with Gasteiger partial charge in [-0.15, -0.1) is 0 Å². The van der Waals surface area contributed by atoms with E-state index < -0.39 is 5.97 Å². The molecule has 0 atom stereocenters. The van der Waals surface area contributed by atoms with Crippen LogP contribution >= 0.6 is 23.2 Å². The number of halogens is 2. The molecule has 0 saturated carbocycles. The number of benzene rings is 1. The van der Waals surface area contributed by atoms with E-state index in [1.807, 2.05) is 0 Å². The number of hydrogen-bond acceptors (Lipinski definition) is 1. The summed E-state index contributed by atoms with van der Waals surface area (Å²) in [7, 11) is 0. The van der Waals surface area contributed by atoms with E-state index in [0.29, 0.717) is 10.6 Å². The van der Waals surface area contributed by atoms with Crippen molar-refractivity contribution in [3.8, 4) is 0 Å². The number of carbonyl (C=O) groups is 1. The highest BCUT2D eigenvalue weighted by atomic mass is 35.5. The summed E-state index contributed by atoms with van der Waals surface area (Å²) in [5.41, 5.74) is 0.705. The van der Waals surface area contributed by atoms with Crippen molar-refractivity contribution in [3.05, 3.63) is 39.9 Å². The summed E-state index contributed by atoms with van der Waals surface area (Å²) >= 11 is 11.1. The molecule has 0 aliphatic rings. The van der Waals surface area contributed by atoms with Gasteiger partial charge in [0.1, 0.15) is 5.03 Å². The van der Waals surface area contributed by atoms with Gasteiger partial charge in [-0.3, -0.25) is 0 Å². The molecule has 1 N–H and O–H groups in total. The molecule has 0 aliphatic heterocycles. The molecule has 68 valence electrons. The molecular formula is C9H6Cl2O2. The van der Waals surface area contributed by atoms with Crippen molar-refractivity contribution < 1.29 is 9.90 Å². The van der Waals surface area contributed by atoms with Crippen molar-refractivity contribution in [1.82, 2.24) is 0 Å². The summed E-state index contributed by atoms with van der Waals surface area (Å²) in [6, 6.07) is 6.71. The highest BCUT2D eigenvalue weighted by Gasteiger charge is 2.01. The van der Waals surface area contributed by atoms with E-state index in [0.717, 1.165) is 0 Å². The van der Waals surface area contributed by atoms with Crippen molar-refractivity contribution in [3.63, 3.8) is 0 Å². The van der Waals surface area contributed by atoms with Crippen molar-refractivity contribution in [2.24, 2.45) is 0 Å². The molecule has 0 amide bonds. The zero-order valence-electron chi connectivity index (χ0n) is 6.50. The normalized spacial score (nSPS) is 11.4. The first-order valence-electron chi connectivity index (χ1n) is 3.45. The number of carboxylic acid groups (broad SMARTS) is 1. The standard InChI is InChI=1S/C9H6Cl2O2/c10-7-3-1-6(2-4-7)5-8(11)9(12)13/h1-5H,(H,12,13)/b8-5-. The average molecular weight is 217 g/mol. The molecule has 0 unspecified atom stereocenters. The second-order valence-electron chi connectivity index (χ2n) is 2.35. The third kappa shape index (κ3) is 3.09. The van der Waals surface area contributed by atoms with Crippen molar-refractivity contribution in [1.29, 1.82) is 0 Å². The van der Waals surface area contributed by atoms with E-state index in [1.54, 1.807) is 24.3 Å². The molecule has 1 aromatic carbocycles. The molecule has 13 heavy (non-hydrogen) atoms. The zero-order chi connectivity index (χ0) is 9.84. The van der Waals surface area contributed by atoms with E-state index in [2.05, 4.69) is 0 Å². The van der Waals surface area contributed by atoms with Gasteiger partial charge in [0, 0.05) is 5.02 Å². The minimum absolute atomic E-state index is 0.220. The Hall–Kier alpha value is -0.990. The quantitative estimate of drug-likeness (QED) is 0.773. The SMILES string of the molecule is O=C(O)/C(Cl)=C/c1ccc(Cl)cc1. The van der Waals surface area contributed by atoms with Crippen LogP contribution in [0.15, 0.2) is 29.3 Å². The molecule has 0 aromatic heterocycles. The largest absolute Gasteiger partial charge is 0.477 e. The summed E-state index contributed by atoms with van der Waals surface area (Å²) in [6.45, 7) is 0. The summed E-state index contributed by atoms with van der Waals surface area (Å²) in [5.74, 6) is -1.14. The minimum atomic E-state index is -1.14. The molecule has 0 heterocycles. The van der Waals surface area contributed by atoms with Crippen LogP contribution in [0.4, 0.5) is 0 Å². The van der Waals surface area contributed by atoms with Gasteiger partial charge in [0.2, 0.25) is 0 Å². The van der Waals surface area contributed by atoms with Gasteiger partial charge >= 0.3 is 5.97 Å². The molecule has 0 spiro atoms. The van der Waals surface area contributed by atoms with Crippen molar-refractivity contribution >= 4 is 35.2 Å². The minimum Gasteiger partial charge on any atom is -0.477 e. The van der Waals surface area contributed by atoms with Gasteiger partial charge in [0.05, 0.1) is 0 Å². The fourth-order valence-corrected chi connectivity index (χ4v) is 1.02. The predicted octanol–water partition coefficient (Wildman–Crippen LogP) is 3.00. The second-order valence-corrected chi connectivity index (χ2v) is 3.19. The van der Waals surface area contributed by atoms with Gasteiger partial charge in [-0.05, 0) is 23.8 Å². The Labute approximate surface area is 85.4 Å². The Morgan fingerprint density at radius 1 is 1.31 bits per heavy atom. The maximum atomic E-state index is 10.3. The molecule has 1 aromatic rings. The zero-order valence-corrected chi connectivity index (χ0v) is 8.01. The molecule has 2 nitrogen and oxygen atoms in total. The van der Waals surface area contributed by atoms with Crippen LogP contribution in [-0.4, -0.2) is 11.1 Å². The first-order chi connectivity index (χ1) is 6.09. The third-order valence-corrected chi connectivity index (χ3v) is 1.89. The van der Waals surface area contributed by atoms with Crippen LogP contribution in [0.2, 0.25) is 5.02 Å². The first-order valence-corrected chi connectivity index (χ1v) is 4.21. The number of aliphatic carboxylic acids is 1. The monoisotopic (exact) mass is 216 g/mol. The average Bonchev–Trinajstić information content (AvgIpc) is 2.08. The lowest BCUT2D eigenvalue weighted by Crippen LogP contribution is -1.92. The van der Waals surface area contributed by atoms with E-state index in [9.17, 15) is 4.79 Å². The predicted molar refractivity (Wildman–Crippen MR) is 52.9 cm³/mol. The van der Waals surface area contributed by atoms with E-state index in [1.165, 1.54) is 6.08 Å². The summed E-state index contributed by atoms with van der Waals surface area (Å²) in [6.07, 6.45) is 1.36. The van der Waals surface area contributed by atoms with Gasteiger partial charge in [-0.25, -0.2) is 4.79 Å². The molecule has 0 bridgehead atoms. The van der Waals surface area contributed by atoms with Gasteiger partial charge in [-0.1, -0.05) is 35.3 Å². The van der Waals surface area contributed by atoms with E-state index in [4.69, 9.17) is 28.3 Å². The molecule has 0 saturated heterocycles. The Morgan fingerprint density at radius 3 is 2.31 bits per heavy atom. The molecular weight excluding hydrogens is 211 g/mol. The van der Waals surface area contributed by atoms with Crippen LogP contribution in [0.3, 0.4) is 0 Å². The van der Waals surface area contributed by atoms with Crippen LogP contribution in [-0.2, 0) is 4.79 Å². The number of carboxylic acids is 1. The molecule has 0 radical (unpaired) electrons. The highest BCUT2D eigenvalue weighted by Crippen LogP contribution is 2.14. The number of hydrogen-bond donors (Lipinski definition) is 1. The van der Waals surface area contributed by atoms with Crippen molar-refractivity contribution in [2.75, 3.05) is 0 Å². The molecule has 0 fully saturated rings. The molecule has 4 heteroatoms. The van der Waals surface area contributed by atoms with Crippen LogP contribution in [0.5, 0.6) is 0 Å². The Bertz CT molecular complexity index is 341. The molecule has 0 aliphatic carbocycles. The lowest BCUT2D eigenvalue weighted by Gasteiger charge is -1.94. The van der Waals surface area contributed by atoms with Crippen molar-refractivity contribution in [2.45, 2.75) is 0 Å². The maximum absolute atomic E-state index is 10.3. The highest BCUT2D eigenvalue weighted by molar-refractivity contribution is 6.43. The van der Waals surface area contributed by atoms with E-state index >= 15 is 0 Å². The summed E-state index contributed by atoms with van der Waals surface area (Å²) < 4.78 is 0. The van der Waals surface area contributed by atoms with Gasteiger partial charge in [-0.2, -0.15) is 0 Å². The van der Waals surface area contributed by atoms with Crippen LogP contribution in [0, 0.1) is 0 Å². The Morgan fingerprint density at radius 2 is 1.85 bits per heavy atom. The lowest BCUT2D eigenvalue weighted by atomic mass is 10.2.